The molecule has 0 spiro atoms. The average molecular weight is 400 g/mol. The molecule has 0 bridgehead atoms. The third-order valence-corrected chi connectivity index (χ3v) is 7.71. The van der Waals surface area contributed by atoms with E-state index in [0.29, 0.717) is 18.4 Å². The summed E-state index contributed by atoms with van der Waals surface area (Å²) < 4.78 is 34.5. The van der Waals surface area contributed by atoms with E-state index in [-0.39, 0.29) is 11.5 Å². The number of ether oxygens (including phenoxy) is 1. The summed E-state index contributed by atoms with van der Waals surface area (Å²) in [6.45, 7) is 1.94. The molecule has 6 heteroatoms. The summed E-state index contributed by atoms with van der Waals surface area (Å²) in [5, 5.41) is 0. The fourth-order valence-electron chi connectivity index (χ4n) is 5.06. The molecular formula is C22H25NO4S. The van der Waals surface area contributed by atoms with Gasteiger partial charge in [0.05, 0.1) is 11.5 Å². The summed E-state index contributed by atoms with van der Waals surface area (Å²) in [6.07, 6.45) is 4.36. The molecule has 5 nitrogen and oxygen atoms in total. The SMILES string of the molecule is CCOC(=O)[C@]1(C2(c3ccccc3)CCCCC2)NS(=O)(=O)c2ccccc21. The van der Waals surface area contributed by atoms with Crippen LogP contribution in [0, 0.1) is 0 Å². The molecule has 0 radical (unpaired) electrons. The van der Waals surface area contributed by atoms with Crippen LogP contribution >= 0.6 is 0 Å². The van der Waals surface area contributed by atoms with Gasteiger partial charge in [-0.05, 0) is 31.4 Å². The third-order valence-electron chi connectivity index (χ3n) is 6.20. The van der Waals surface area contributed by atoms with E-state index in [9.17, 15) is 13.2 Å². The Hall–Kier alpha value is -2.18. The van der Waals surface area contributed by atoms with Gasteiger partial charge in [-0.25, -0.2) is 13.2 Å². The van der Waals surface area contributed by atoms with Crippen LogP contribution in [-0.2, 0) is 30.5 Å². The van der Waals surface area contributed by atoms with Crippen LogP contribution < -0.4 is 4.72 Å². The first kappa shape index (κ1) is 19.2. The Morgan fingerprint density at radius 1 is 1.00 bits per heavy atom. The monoisotopic (exact) mass is 399 g/mol. The van der Waals surface area contributed by atoms with Gasteiger partial charge in [0, 0.05) is 11.0 Å². The first-order valence-corrected chi connectivity index (χ1v) is 11.3. The normalized spacial score (nSPS) is 25.0. The van der Waals surface area contributed by atoms with Crippen molar-refractivity contribution in [1.29, 1.82) is 0 Å². The van der Waals surface area contributed by atoms with Crippen LogP contribution in [0.3, 0.4) is 0 Å². The first-order valence-electron chi connectivity index (χ1n) is 9.84. The van der Waals surface area contributed by atoms with Crippen LogP contribution in [0.1, 0.15) is 50.2 Å². The molecule has 0 saturated heterocycles. The highest BCUT2D eigenvalue weighted by Crippen LogP contribution is 2.56. The van der Waals surface area contributed by atoms with Crippen LogP contribution in [0.2, 0.25) is 0 Å². The maximum Gasteiger partial charge on any atom is 0.332 e. The van der Waals surface area contributed by atoms with Gasteiger partial charge in [-0.15, -0.1) is 0 Å². The highest BCUT2D eigenvalue weighted by Gasteiger charge is 2.65. The molecule has 148 valence electrons. The number of rotatable bonds is 4. The molecule has 1 saturated carbocycles. The zero-order valence-corrected chi connectivity index (χ0v) is 16.8. The minimum atomic E-state index is -3.82. The molecule has 1 fully saturated rings. The van der Waals surface area contributed by atoms with Crippen molar-refractivity contribution in [2.24, 2.45) is 0 Å². The molecule has 0 amide bonds. The van der Waals surface area contributed by atoms with Gasteiger partial charge in [0.2, 0.25) is 10.0 Å². The van der Waals surface area contributed by atoms with Crippen molar-refractivity contribution in [2.75, 3.05) is 6.61 Å². The van der Waals surface area contributed by atoms with Gasteiger partial charge in [-0.2, -0.15) is 4.72 Å². The van der Waals surface area contributed by atoms with Crippen molar-refractivity contribution in [2.45, 2.75) is 54.9 Å². The van der Waals surface area contributed by atoms with E-state index in [1.807, 2.05) is 30.3 Å². The molecule has 1 atom stereocenters. The van der Waals surface area contributed by atoms with E-state index < -0.39 is 26.9 Å². The Kier molecular flexibility index (Phi) is 4.79. The summed E-state index contributed by atoms with van der Waals surface area (Å²) in [7, 11) is -3.82. The minimum absolute atomic E-state index is 0.170. The maximum atomic E-state index is 13.5. The van der Waals surface area contributed by atoms with E-state index in [2.05, 4.69) is 4.72 Å². The van der Waals surface area contributed by atoms with Gasteiger partial charge >= 0.3 is 5.97 Å². The second kappa shape index (κ2) is 7.01. The van der Waals surface area contributed by atoms with E-state index in [1.165, 1.54) is 0 Å². The Labute approximate surface area is 166 Å². The minimum Gasteiger partial charge on any atom is -0.464 e. The summed E-state index contributed by atoms with van der Waals surface area (Å²) in [5.74, 6) is -0.519. The van der Waals surface area contributed by atoms with Crippen LogP contribution in [0.25, 0.3) is 0 Å². The van der Waals surface area contributed by atoms with E-state index in [1.54, 1.807) is 31.2 Å². The van der Waals surface area contributed by atoms with Crippen molar-refractivity contribution in [3.05, 3.63) is 65.7 Å². The lowest BCUT2D eigenvalue weighted by atomic mass is 9.56. The van der Waals surface area contributed by atoms with Crippen molar-refractivity contribution >= 4 is 16.0 Å². The van der Waals surface area contributed by atoms with Gasteiger partial charge in [0.1, 0.15) is 0 Å². The van der Waals surface area contributed by atoms with Crippen LogP contribution in [0.15, 0.2) is 59.5 Å². The topological polar surface area (TPSA) is 72.5 Å². The van der Waals surface area contributed by atoms with Crippen molar-refractivity contribution in [1.82, 2.24) is 4.72 Å². The molecule has 1 aliphatic heterocycles. The number of esters is 1. The number of sulfonamides is 1. The molecule has 0 unspecified atom stereocenters. The quantitative estimate of drug-likeness (QED) is 0.797. The Balaban J connectivity index is 2.06. The standard InChI is InChI=1S/C22H25NO4S/c1-2-27-20(24)22(18-13-7-8-14-19(18)28(25,26)23-22)21(15-9-4-10-16-21)17-11-5-3-6-12-17/h3,5-8,11-14,23H,2,4,9-10,15-16H2,1H3/t22-/m1/s1. The van der Waals surface area contributed by atoms with Gasteiger partial charge in [0.25, 0.3) is 0 Å². The number of hydrogen-bond donors (Lipinski definition) is 1. The van der Waals surface area contributed by atoms with Crippen LogP contribution in [0.5, 0.6) is 0 Å². The Morgan fingerprint density at radius 3 is 2.32 bits per heavy atom. The van der Waals surface area contributed by atoms with Gasteiger partial charge in [-0.1, -0.05) is 67.8 Å². The number of hydrogen-bond acceptors (Lipinski definition) is 4. The van der Waals surface area contributed by atoms with E-state index in [0.717, 1.165) is 24.8 Å². The predicted octanol–water partition coefficient (Wildman–Crippen LogP) is 3.64. The number of carbonyl (C=O) groups excluding carboxylic acids is 1. The molecule has 2 aromatic carbocycles. The van der Waals surface area contributed by atoms with Crippen molar-refractivity contribution in [3.63, 3.8) is 0 Å². The molecule has 1 heterocycles. The molecule has 0 aromatic heterocycles. The summed E-state index contributed by atoms with van der Waals surface area (Å²) in [4.78, 5) is 13.7. The van der Waals surface area contributed by atoms with Crippen LogP contribution in [-0.4, -0.2) is 21.0 Å². The summed E-state index contributed by atoms with van der Waals surface area (Å²) in [5.41, 5.74) is -0.681. The Bertz CT molecular complexity index is 981. The second-order valence-corrected chi connectivity index (χ2v) is 9.23. The van der Waals surface area contributed by atoms with Gasteiger partial charge in [0.15, 0.2) is 5.54 Å². The fraction of sp³-hybridized carbons (Fsp3) is 0.409. The zero-order valence-electron chi connectivity index (χ0n) is 16.0. The van der Waals surface area contributed by atoms with Crippen molar-refractivity contribution in [3.8, 4) is 0 Å². The smallest absolute Gasteiger partial charge is 0.332 e. The maximum absolute atomic E-state index is 13.5. The lowest BCUT2D eigenvalue weighted by Crippen LogP contribution is -2.62. The number of fused-ring (bicyclic) bond motifs is 1. The second-order valence-electron chi connectivity index (χ2n) is 7.58. The van der Waals surface area contributed by atoms with Crippen molar-refractivity contribution < 1.29 is 17.9 Å². The van der Waals surface area contributed by atoms with Crippen LogP contribution in [0.4, 0.5) is 0 Å². The largest absolute Gasteiger partial charge is 0.464 e. The number of carbonyl (C=O) groups is 1. The third kappa shape index (κ3) is 2.62. The number of benzene rings is 2. The molecule has 28 heavy (non-hydrogen) atoms. The number of nitrogens with one attached hydrogen (secondary N) is 1. The lowest BCUT2D eigenvalue weighted by Gasteiger charge is -2.49. The fourth-order valence-corrected chi connectivity index (χ4v) is 6.73. The molecule has 1 aliphatic carbocycles. The Morgan fingerprint density at radius 2 is 1.64 bits per heavy atom. The van der Waals surface area contributed by atoms with E-state index >= 15 is 0 Å². The zero-order chi connectivity index (χ0) is 19.8. The van der Waals surface area contributed by atoms with Gasteiger partial charge < -0.3 is 4.74 Å². The molecule has 4 rings (SSSR count). The molecular weight excluding hydrogens is 374 g/mol. The summed E-state index contributed by atoms with van der Waals surface area (Å²) >= 11 is 0. The average Bonchev–Trinajstić information content (AvgIpc) is 2.98. The molecule has 2 aromatic rings. The van der Waals surface area contributed by atoms with E-state index in [4.69, 9.17) is 4.74 Å². The summed E-state index contributed by atoms with van der Waals surface area (Å²) in [6, 6.07) is 16.6. The molecule has 1 N–H and O–H groups in total. The van der Waals surface area contributed by atoms with Gasteiger partial charge in [-0.3, -0.25) is 0 Å². The highest BCUT2D eigenvalue weighted by molar-refractivity contribution is 7.90. The molecule has 2 aliphatic rings. The predicted molar refractivity (Wildman–Crippen MR) is 106 cm³/mol. The highest BCUT2D eigenvalue weighted by atomic mass is 32.2. The lowest BCUT2D eigenvalue weighted by molar-refractivity contribution is -0.155. The first-order chi connectivity index (χ1) is 13.5.